The summed E-state index contributed by atoms with van der Waals surface area (Å²) in [6.45, 7) is 7.87. The molecule has 2 aromatic rings. The molecule has 5 heteroatoms. The molecule has 0 atom stereocenters. The summed E-state index contributed by atoms with van der Waals surface area (Å²) in [5, 5.41) is 12.8. The molecule has 0 aromatic heterocycles. The van der Waals surface area contributed by atoms with Gasteiger partial charge in [-0.05, 0) is 50.5 Å². The largest absolute Gasteiger partial charge is 0.505 e. The maximum absolute atomic E-state index is 11.7. The Balaban J connectivity index is 2.28. The van der Waals surface area contributed by atoms with Crippen molar-refractivity contribution in [3.05, 3.63) is 47.0 Å². The summed E-state index contributed by atoms with van der Waals surface area (Å²) in [5.41, 5.74) is 2.86. The van der Waals surface area contributed by atoms with Gasteiger partial charge in [-0.2, -0.15) is 0 Å². The predicted octanol–water partition coefficient (Wildman–Crippen LogP) is 5.07. The Morgan fingerprint density at radius 3 is 2.42 bits per heavy atom. The third kappa shape index (κ3) is 4.19. The van der Waals surface area contributed by atoms with Gasteiger partial charge in [0.2, 0.25) is 0 Å². The molecule has 5 nitrogen and oxygen atoms in total. The predicted molar refractivity (Wildman–Crippen MR) is 94.1 cm³/mol. The summed E-state index contributed by atoms with van der Waals surface area (Å²) < 4.78 is 10.9. The number of aromatic hydroxyl groups is 1. The van der Waals surface area contributed by atoms with Gasteiger partial charge in [0.25, 0.3) is 0 Å². The highest BCUT2D eigenvalue weighted by molar-refractivity contribution is 5.88. The fourth-order valence-corrected chi connectivity index (χ4v) is 2.15. The van der Waals surface area contributed by atoms with Crippen molar-refractivity contribution in [2.75, 3.05) is 11.9 Å². The average Bonchev–Trinajstić information content (AvgIpc) is 2.57. The van der Waals surface area contributed by atoms with E-state index < -0.39 is 6.09 Å². The van der Waals surface area contributed by atoms with Crippen molar-refractivity contribution < 1.29 is 19.4 Å². The second-order valence-corrected chi connectivity index (χ2v) is 5.70. The van der Waals surface area contributed by atoms with Gasteiger partial charge in [0.15, 0.2) is 0 Å². The lowest BCUT2D eigenvalue weighted by Crippen LogP contribution is -2.14. The Morgan fingerprint density at radius 2 is 1.79 bits per heavy atom. The van der Waals surface area contributed by atoms with E-state index in [2.05, 4.69) is 5.32 Å². The lowest BCUT2D eigenvalue weighted by Gasteiger charge is -2.16. The first-order valence-corrected chi connectivity index (χ1v) is 7.93. The molecule has 2 aromatic carbocycles. The van der Waals surface area contributed by atoms with E-state index in [9.17, 15) is 9.90 Å². The lowest BCUT2D eigenvalue weighted by molar-refractivity contribution is 0.161. The maximum Gasteiger partial charge on any atom is 0.411 e. The third-order valence-corrected chi connectivity index (χ3v) is 3.74. The fraction of sp³-hybridized carbons (Fsp3) is 0.316. The quantitative estimate of drug-likeness (QED) is 0.752. The minimum atomic E-state index is -0.600. The zero-order valence-corrected chi connectivity index (χ0v) is 14.5. The number of phenols is 1. The zero-order chi connectivity index (χ0) is 17.7. The molecule has 0 fully saturated rings. The van der Waals surface area contributed by atoms with E-state index in [1.54, 1.807) is 13.0 Å². The minimum absolute atomic E-state index is 0.0113. The number of hydrogen-bond acceptors (Lipinski definition) is 4. The molecule has 0 aliphatic carbocycles. The number of phenolic OH excluding ortho intramolecular Hbond substituents is 1. The molecule has 128 valence electrons. The summed E-state index contributed by atoms with van der Waals surface area (Å²) in [4.78, 5) is 11.7. The van der Waals surface area contributed by atoms with Crippen molar-refractivity contribution in [1.29, 1.82) is 0 Å². The van der Waals surface area contributed by atoms with Gasteiger partial charge in [-0.1, -0.05) is 24.6 Å². The molecule has 0 unspecified atom stereocenters. The van der Waals surface area contributed by atoms with Crippen LogP contribution in [0.3, 0.4) is 0 Å². The smallest absolute Gasteiger partial charge is 0.411 e. The van der Waals surface area contributed by atoms with Crippen LogP contribution in [0.5, 0.6) is 17.2 Å². The van der Waals surface area contributed by atoms with Gasteiger partial charge < -0.3 is 14.6 Å². The van der Waals surface area contributed by atoms with Crippen molar-refractivity contribution in [1.82, 2.24) is 0 Å². The van der Waals surface area contributed by atoms with Crippen LogP contribution in [0.1, 0.15) is 30.0 Å². The van der Waals surface area contributed by atoms with Crippen LogP contribution in [0, 0.1) is 20.8 Å². The third-order valence-electron chi connectivity index (χ3n) is 3.74. The number of benzene rings is 2. The highest BCUT2D eigenvalue weighted by atomic mass is 16.5. The van der Waals surface area contributed by atoms with E-state index in [-0.39, 0.29) is 11.4 Å². The number of ether oxygens (including phenoxy) is 2. The second kappa shape index (κ2) is 7.73. The van der Waals surface area contributed by atoms with Crippen LogP contribution in [-0.2, 0) is 4.74 Å². The standard InChI is InChI=1S/C19H23NO4/c1-5-10-23-19(22)20-16-11-17(13(3)14(4)18(16)21)24-15-8-6-12(2)7-9-15/h6-9,11,21H,5,10H2,1-4H3,(H,20,22). The summed E-state index contributed by atoms with van der Waals surface area (Å²) in [7, 11) is 0. The molecule has 24 heavy (non-hydrogen) atoms. The van der Waals surface area contributed by atoms with Crippen LogP contribution in [0.2, 0.25) is 0 Å². The fourth-order valence-electron chi connectivity index (χ4n) is 2.15. The van der Waals surface area contributed by atoms with Gasteiger partial charge in [0.05, 0.1) is 12.3 Å². The van der Waals surface area contributed by atoms with Crippen LogP contribution in [0.4, 0.5) is 10.5 Å². The summed E-state index contributed by atoms with van der Waals surface area (Å²) in [6, 6.07) is 9.27. The van der Waals surface area contributed by atoms with E-state index >= 15 is 0 Å². The molecule has 0 radical (unpaired) electrons. The van der Waals surface area contributed by atoms with E-state index in [0.29, 0.717) is 23.7 Å². The maximum atomic E-state index is 11.7. The lowest BCUT2D eigenvalue weighted by atomic mass is 10.1. The van der Waals surface area contributed by atoms with Gasteiger partial charge in [-0.3, -0.25) is 5.32 Å². The van der Waals surface area contributed by atoms with Crippen molar-refractivity contribution in [2.45, 2.75) is 34.1 Å². The van der Waals surface area contributed by atoms with Crippen LogP contribution in [-0.4, -0.2) is 17.8 Å². The first kappa shape index (κ1) is 17.7. The number of rotatable bonds is 5. The molecule has 0 heterocycles. The molecular formula is C19H23NO4. The zero-order valence-electron chi connectivity index (χ0n) is 14.5. The van der Waals surface area contributed by atoms with Gasteiger partial charge in [-0.15, -0.1) is 0 Å². The Hall–Kier alpha value is -2.69. The molecule has 0 aliphatic rings. The van der Waals surface area contributed by atoms with E-state index in [0.717, 1.165) is 17.5 Å². The molecule has 1 amide bonds. The SMILES string of the molecule is CCCOC(=O)Nc1cc(Oc2ccc(C)cc2)c(C)c(C)c1O. The van der Waals surface area contributed by atoms with Gasteiger partial charge in [0, 0.05) is 6.07 Å². The Bertz CT molecular complexity index is 723. The van der Waals surface area contributed by atoms with Crippen molar-refractivity contribution in [3.8, 4) is 17.2 Å². The normalized spacial score (nSPS) is 10.3. The van der Waals surface area contributed by atoms with E-state index in [4.69, 9.17) is 9.47 Å². The van der Waals surface area contributed by atoms with E-state index in [1.165, 1.54) is 0 Å². The number of amides is 1. The summed E-state index contributed by atoms with van der Waals surface area (Å²) >= 11 is 0. The average molecular weight is 329 g/mol. The van der Waals surface area contributed by atoms with Crippen LogP contribution in [0.15, 0.2) is 30.3 Å². The number of carbonyl (C=O) groups excluding carboxylic acids is 1. The molecular weight excluding hydrogens is 306 g/mol. The number of hydrogen-bond donors (Lipinski definition) is 2. The number of anilines is 1. The first-order valence-electron chi connectivity index (χ1n) is 7.93. The molecule has 2 rings (SSSR count). The highest BCUT2D eigenvalue weighted by Crippen LogP contribution is 2.38. The monoisotopic (exact) mass is 329 g/mol. The van der Waals surface area contributed by atoms with Crippen molar-refractivity contribution >= 4 is 11.8 Å². The van der Waals surface area contributed by atoms with Gasteiger partial charge in [-0.25, -0.2) is 4.79 Å². The number of nitrogens with one attached hydrogen (secondary N) is 1. The van der Waals surface area contributed by atoms with Crippen LogP contribution in [0.25, 0.3) is 0 Å². The molecule has 0 aliphatic heterocycles. The van der Waals surface area contributed by atoms with Crippen molar-refractivity contribution in [2.24, 2.45) is 0 Å². The number of aryl methyl sites for hydroxylation is 1. The number of carbonyl (C=O) groups is 1. The van der Waals surface area contributed by atoms with Gasteiger partial charge >= 0.3 is 6.09 Å². The molecule has 0 saturated carbocycles. The molecule has 2 N–H and O–H groups in total. The van der Waals surface area contributed by atoms with Gasteiger partial charge in [0.1, 0.15) is 17.2 Å². The summed E-state index contributed by atoms with van der Waals surface area (Å²) in [5.74, 6) is 1.27. The minimum Gasteiger partial charge on any atom is -0.505 e. The highest BCUT2D eigenvalue weighted by Gasteiger charge is 2.16. The van der Waals surface area contributed by atoms with Crippen molar-refractivity contribution in [3.63, 3.8) is 0 Å². The Labute approximate surface area is 142 Å². The Kier molecular flexibility index (Phi) is 5.68. The first-order chi connectivity index (χ1) is 11.4. The molecule has 0 spiro atoms. The molecule has 0 saturated heterocycles. The summed E-state index contributed by atoms with van der Waals surface area (Å²) in [6.07, 6.45) is 0.130. The van der Waals surface area contributed by atoms with Crippen LogP contribution >= 0.6 is 0 Å². The molecule has 0 bridgehead atoms. The van der Waals surface area contributed by atoms with E-state index in [1.807, 2.05) is 45.0 Å². The van der Waals surface area contributed by atoms with Crippen LogP contribution < -0.4 is 10.1 Å². The topological polar surface area (TPSA) is 67.8 Å². The second-order valence-electron chi connectivity index (χ2n) is 5.70. The Morgan fingerprint density at radius 1 is 1.12 bits per heavy atom.